The van der Waals surface area contributed by atoms with Gasteiger partial charge < -0.3 is 10.1 Å². The van der Waals surface area contributed by atoms with Gasteiger partial charge in [0.1, 0.15) is 5.75 Å². The van der Waals surface area contributed by atoms with Gasteiger partial charge >= 0.3 is 0 Å². The van der Waals surface area contributed by atoms with E-state index in [4.69, 9.17) is 27.9 Å². The van der Waals surface area contributed by atoms with E-state index in [-0.39, 0.29) is 5.91 Å². The van der Waals surface area contributed by atoms with Crippen LogP contribution in [-0.4, -0.2) is 12.5 Å². The summed E-state index contributed by atoms with van der Waals surface area (Å²) in [6, 6.07) is 22.1. The second-order valence-corrected chi connectivity index (χ2v) is 6.50. The zero-order valence-electron chi connectivity index (χ0n) is 13.9. The molecular formula is C21H17Cl2NO2. The van der Waals surface area contributed by atoms with Crippen molar-refractivity contribution in [2.75, 3.05) is 11.9 Å². The van der Waals surface area contributed by atoms with Gasteiger partial charge in [-0.15, -0.1) is 0 Å². The molecule has 0 aliphatic heterocycles. The summed E-state index contributed by atoms with van der Waals surface area (Å²) in [5.41, 5.74) is 2.08. The smallest absolute Gasteiger partial charge is 0.259 e. The molecule has 0 saturated heterocycles. The SMILES string of the molecule is O=C(Nc1cc(Cl)ccc1Cl)c1ccccc1OCCc1ccccc1. The van der Waals surface area contributed by atoms with Gasteiger partial charge in [-0.3, -0.25) is 4.79 Å². The Morgan fingerprint density at radius 1 is 0.923 bits per heavy atom. The fraction of sp³-hybridized carbons (Fsp3) is 0.0952. The Morgan fingerprint density at radius 3 is 2.46 bits per heavy atom. The Labute approximate surface area is 162 Å². The molecule has 26 heavy (non-hydrogen) atoms. The van der Waals surface area contributed by atoms with Gasteiger partial charge in [-0.2, -0.15) is 0 Å². The lowest BCUT2D eigenvalue weighted by molar-refractivity contribution is 0.102. The number of para-hydroxylation sites is 1. The number of benzene rings is 3. The highest BCUT2D eigenvalue weighted by Crippen LogP contribution is 2.27. The molecule has 0 aliphatic rings. The van der Waals surface area contributed by atoms with Crippen LogP contribution in [0.15, 0.2) is 72.8 Å². The quantitative estimate of drug-likeness (QED) is 0.576. The summed E-state index contributed by atoms with van der Waals surface area (Å²) in [4.78, 5) is 12.6. The lowest BCUT2D eigenvalue weighted by atomic mass is 10.1. The molecule has 1 amide bonds. The molecule has 0 fully saturated rings. The number of ether oxygens (including phenoxy) is 1. The summed E-state index contributed by atoms with van der Waals surface area (Å²) >= 11 is 12.1. The van der Waals surface area contributed by atoms with Gasteiger partial charge in [-0.05, 0) is 35.9 Å². The van der Waals surface area contributed by atoms with Crippen LogP contribution in [0.25, 0.3) is 0 Å². The van der Waals surface area contributed by atoms with Crippen molar-refractivity contribution in [1.29, 1.82) is 0 Å². The molecule has 0 aliphatic carbocycles. The van der Waals surface area contributed by atoms with Crippen LogP contribution in [-0.2, 0) is 6.42 Å². The normalized spacial score (nSPS) is 10.4. The van der Waals surface area contributed by atoms with Crippen molar-refractivity contribution in [3.8, 4) is 5.75 Å². The second-order valence-electron chi connectivity index (χ2n) is 5.66. The van der Waals surface area contributed by atoms with Crippen LogP contribution in [0.5, 0.6) is 5.75 Å². The molecule has 3 rings (SSSR count). The number of nitrogens with one attached hydrogen (secondary N) is 1. The van der Waals surface area contributed by atoms with Gasteiger partial charge in [0, 0.05) is 11.4 Å². The number of carbonyl (C=O) groups excluding carboxylic acids is 1. The Hall–Kier alpha value is -2.49. The minimum absolute atomic E-state index is 0.301. The molecule has 3 aromatic carbocycles. The average Bonchev–Trinajstić information content (AvgIpc) is 2.66. The number of anilines is 1. The van der Waals surface area contributed by atoms with Gasteiger partial charge in [-0.25, -0.2) is 0 Å². The Balaban J connectivity index is 1.69. The summed E-state index contributed by atoms with van der Waals surface area (Å²) in [5, 5.41) is 3.70. The Kier molecular flexibility index (Phi) is 6.16. The van der Waals surface area contributed by atoms with Gasteiger partial charge in [0.05, 0.1) is 22.9 Å². The van der Waals surface area contributed by atoms with Crippen LogP contribution in [0, 0.1) is 0 Å². The van der Waals surface area contributed by atoms with E-state index < -0.39 is 0 Å². The maximum atomic E-state index is 12.6. The maximum Gasteiger partial charge on any atom is 0.259 e. The topological polar surface area (TPSA) is 38.3 Å². The highest BCUT2D eigenvalue weighted by molar-refractivity contribution is 6.35. The first kappa shape index (κ1) is 18.3. The van der Waals surface area contributed by atoms with Crippen LogP contribution in [0.2, 0.25) is 10.0 Å². The van der Waals surface area contributed by atoms with E-state index >= 15 is 0 Å². The third-order valence-electron chi connectivity index (χ3n) is 3.80. The lowest BCUT2D eigenvalue weighted by Crippen LogP contribution is -2.14. The fourth-order valence-electron chi connectivity index (χ4n) is 2.49. The molecule has 5 heteroatoms. The van der Waals surface area contributed by atoms with Crippen LogP contribution < -0.4 is 10.1 Å². The summed E-state index contributed by atoms with van der Waals surface area (Å²) in [7, 11) is 0. The van der Waals surface area contributed by atoms with Gasteiger partial charge in [-0.1, -0.05) is 65.7 Å². The number of hydrogen-bond donors (Lipinski definition) is 1. The predicted molar refractivity (Wildman–Crippen MR) is 106 cm³/mol. The van der Waals surface area contributed by atoms with E-state index in [9.17, 15) is 4.79 Å². The fourth-order valence-corrected chi connectivity index (χ4v) is 2.82. The zero-order chi connectivity index (χ0) is 18.4. The molecule has 0 atom stereocenters. The van der Waals surface area contributed by atoms with E-state index in [0.29, 0.717) is 33.7 Å². The number of amides is 1. The van der Waals surface area contributed by atoms with Crippen LogP contribution in [0.1, 0.15) is 15.9 Å². The molecule has 3 nitrogen and oxygen atoms in total. The van der Waals surface area contributed by atoms with Gasteiger partial charge in [0.25, 0.3) is 5.91 Å². The first-order chi connectivity index (χ1) is 12.6. The average molecular weight is 386 g/mol. The van der Waals surface area contributed by atoms with Crippen molar-refractivity contribution >= 4 is 34.8 Å². The van der Waals surface area contributed by atoms with Crippen LogP contribution in [0.3, 0.4) is 0 Å². The minimum atomic E-state index is -0.301. The Bertz CT molecular complexity index is 898. The van der Waals surface area contributed by atoms with Crippen LogP contribution in [0.4, 0.5) is 5.69 Å². The second kappa shape index (κ2) is 8.75. The number of carbonyl (C=O) groups is 1. The molecule has 1 N–H and O–H groups in total. The zero-order valence-corrected chi connectivity index (χ0v) is 15.4. The third-order valence-corrected chi connectivity index (χ3v) is 4.36. The number of halogens is 2. The first-order valence-electron chi connectivity index (χ1n) is 8.15. The largest absolute Gasteiger partial charge is 0.492 e. The highest BCUT2D eigenvalue weighted by atomic mass is 35.5. The molecule has 0 saturated carbocycles. The minimum Gasteiger partial charge on any atom is -0.492 e. The van der Waals surface area contributed by atoms with Crippen molar-refractivity contribution in [2.24, 2.45) is 0 Å². The summed E-state index contributed by atoms with van der Waals surface area (Å²) in [6.07, 6.45) is 0.761. The molecule has 0 aromatic heterocycles. The molecule has 132 valence electrons. The van der Waals surface area contributed by atoms with Crippen molar-refractivity contribution in [3.63, 3.8) is 0 Å². The molecule has 0 bridgehead atoms. The number of hydrogen-bond acceptors (Lipinski definition) is 2. The summed E-state index contributed by atoms with van der Waals surface area (Å²) in [5.74, 6) is 0.226. The van der Waals surface area contributed by atoms with Gasteiger partial charge in [0.15, 0.2) is 0 Å². The molecule has 0 spiro atoms. The van der Waals surface area contributed by atoms with E-state index in [1.54, 1.807) is 36.4 Å². The van der Waals surface area contributed by atoms with Crippen molar-refractivity contribution < 1.29 is 9.53 Å². The number of rotatable bonds is 6. The lowest BCUT2D eigenvalue weighted by Gasteiger charge is -2.12. The maximum absolute atomic E-state index is 12.6. The van der Waals surface area contributed by atoms with E-state index in [1.165, 1.54) is 5.56 Å². The van der Waals surface area contributed by atoms with Crippen molar-refractivity contribution in [1.82, 2.24) is 0 Å². The predicted octanol–water partition coefficient (Wildman–Crippen LogP) is 5.87. The molecule has 0 heterocycles. The molecule has 0 radical (unpaired) electrons. The first-order valence-corrected chi connectivity index (χ1v) is 8.91. The molecule has 3 aromatic rings. The molecule has 0 unspecified atom stereocenters. The highest BCUT2D eigenvalue weighted by Gasteiger charge is 2.14. The van der Waals surface area contributed by atoms with E-state index in [1.807, 2.05) is 36.4 Å². The monoisotopic (exact) mass is 385 g/mol. The Morgan fingerprint density at radius 2 is 1.65 bits per heavy atom. The van der Waals surface area contributed by atoms with E-state index in [0.717, 1.165) is 6.42 Å². The van der Waals surface area contributed by atoms with Crippen LogP contribution >= 0.6 is 23.2 Å². The van der Waals surface area contributed by atoms with Gasteiger partial charge in [0.2, 0.25) is 0 Å². The summed E-state index contributed by atoms with van der Waals surface area (Å²) < 4.78 is 5.83. The standard InChI is InChI=1S/C21H17Cl2NO2/c22-16-10-11-18(23)19(14-16)24-21(25)17-8-4-5-9-20(17)26-13-12-15-6-2-1-3-7-15/h1-11,14H,12-13H2,(H,24,25). The van der Waals surface area contributed by atoms with Crippen molar-refractivity contribution in [2.45, 2.75) is 6.42 Å². The van der Waals surface area contributed by atoms with Crippen molar-refractivity contribution in [3.05, 3.63) is 94.0 Å². The van der Waals surface area contributed by atoms with E-state index in [2.05, 4.69) is 5.32 Å². The summed E-state index contributed by atoms with van der Waals surface area (Å²) in [6.45, 7) is 0.478. The third kappa shape index (κ3) is 4.78. The molecular weight excluding hydrogens is 369 g/mol.